The number of alkyl halides is 3. The molecule has 11 heavy (non-hydrogen) atoms. The summed E-state index contributed by atoms with van der Waals surface area (Å²) in [4.78, 5) is 0. The van der Waals surface area contributed by atoms with Crippen molar-refractivity contribution in [1.29, 1.82) is 0 Å². The maximum absolute atomic E-state index is 10.7. The molecule has 10 heteroatoms. The Kier molecular flexibility index (Phi) is 10.6. The van der Waals surface area contributed by atoms with Gasteiger partial charge in [-0.1, -0.05) is 0 Å². The summed E-state index contributed by atoms with van der Waals surface area (Å²) in [5, 5.41) is 0. The number of hydrogen-bond acceptors (Lipinski definition) is 2. The van der Waals surface area contributed by atoms with Crippen LogP contribution in [0.1, 0.15) is 0 Å². The smallest absolute Gasteiger partial charge is 0.522 e. The molecule has 3 nitrogen and oxygen atoms in total. The molecule has 0 radical (unpaired) electrons. The van der Waals surface area contributed by atoms with E-state index in [2.05, 4.69) is 0 Å². The van der Waals surface area contributed by atoms with Gasteiger partial charge in [-0.2, -0.15) is 21.6 Å². The van der Waals surface area contributed by atoms with Crippen molar-refractivity contribution in [2.24, 2.45) is 0 Å². The van der Waals surface area contributed by atoms with Crippen molar-refractivity contribution in [2.45, 2.75) is 5.51 Å². The van der Waals surface area contributed by atoms with Crippen LogP contribution in [-0.2, 0) is 10.1 Å². The van der Waals surface area contributed by atoms with Crippen molar-refractivity contribution >= 4 is 10.1 Å². The van der Waals surface area contributed by atoms with E-state index in [9.17, 15) is 13.2 Å². The SMILES string of the molecule is O=S(=O)(O)C(F)(F)F.[F-].[F-].[F-]. The summed E-state index contributed by atoms with van der Waals surface area (Å²) >= 11 is 0. The molecule has 0 amide bonds. The predicted octanol–water partition coefficient (Wildman–Crippen LogP) is -8.59. The van der Waals surface area contributed by atoms with Crippen molar-refractivity contribution < 1.29 is 40.3 Å². The van der Waals surface area contributed by atoms with Gasteiger partial charge in [0, 0.05) is 0 Å². The van der Waals surface area contributed by atoms with E-state index >= 15 is 0 Å². The Morgan fingerprint density at radius 3 is 1.09 bits per heavy atom. The molecule has 0 aliphatic carbocycles. The fraction of sp³-hybridized carbons (Fsp3) is 1.00. The lowest BCUT2D eigenvalue weighted by Crippen LogP contribution is -3.00. The van der Waals surface area contributed by atoms with Crippen LogP contribution in [0, 0.1) is 0 Å². The molecule has 0 fully saturated rings. The van der Waals surface area contributed by atoms with Crippen LogP contribution in [0.5, 0.6) is 0 Å². The Morgan fingerprint density at radius 1 is 1.00 bits per heavy atom. The zero-order valence-electron chi connectivity index (χ0n) is 4.44. The van der Waals surface area contributed by atoms with E-state index in [0.29, 0.717) is 0 Å². The maximum Gasteiger partial charge on any atom is 0.522 e. The monoisotopic (exact) mass is 207 g/mol. The predicted molar refractivity (Wildman–Crippen MR) is 17.6 cm³/mol. The average Bonchev–Trinajstić information content (AvgIpc) is 1.25. The van der Waals surface area contributed by atoms with Gasteiger partial charge in [-0.25, -0.2) is 0 Å². The second kappa shape index (κ2) is 5.18. The lowest BCUT2D eigenvalue weighted by Gasteiger charge is -1.97. The molecule has 0 spiro atoms. The van der Waals surface area contributed by atoms with Gasteiger partial charge in [0.1, 0.15) is 0 Å². The average molecular weight is 207 g/mol. The zero-order valence-corrected chi connectivity index (χ0v) is 5.26. The van der Waals surface area contributed by atoms with Gasteiger partial charge in [0.2, 0.25) is 0 Å². The zero-order chi connectivity index (χ0) is 7.00. The standard InChI is InChI=1S/CHF3O3S.3FH/c2-1(3,4)8(5,6)7;;;/h(H,5,6,7);3*1H/p-3. The molecule has 0 aromatic heterocycles. The Bertz CT molecular complexity index is 167. The molecule has 0 aromatic rings. The van der Waals surface area contributed by atoms with Crippen LogP contribution in [-0.4, -0.2) is 18.5 Å². The summed E-state index contributed by atoms with van der Waals surface area (Å²) in [5.41, 5.74) is -5.53. The molecule has 0 aliphatic heterocycles. The molecule has 0 rings (SSSR count). The van der Waals surface area contributed by atoms with Crippen LogP contribution in [0.25, 0.3) is 0 Å². The van der Waals surface area contributed by atoms with Gasteiger partial charge in [0.25, 0.3) is 0 Å². The third-order valence-corrected chi connectivity index (χ3v) is 0.877. The van der Waals surface area contributed by atoms with E-state index in [1.165, 1.54) is 0 Å². The summed E-state index contributed by atoms with van der Waals surface area (Å²) in [6, 6.07) is 0. The minimum absolute atomic E-state index is 0. The van der Waals surface area contributed by atoms with Gasteiger partial charge in [-0.3, -0.25) is 4.55 Å². The van der Waals surface area contributed by atoms with Gasteiger partial charge in [-0.05, 0) is 0 Å². The second-order valence-electron chi connectivity index (χ2n) is 0.921. The van der Waals surface area contributed by atoms with Gasteiger partial charge in [0.15, 0.2) is 0 Å². The van der Waals surface area contributed by atoms with E-state index in [0.717, 1.165) is 0 Å². The molecule has 0 heterocycles. The van der Waals surface area contributed by atoms with Gasteiger partial charge >= 0.3 is 15.6 Å². The van der Waals surface area contributed by atoms with E-state index in [1.807, 2.05) is 0 Å². The first-order chi connectivity index (χ1) is 3.25. The normalized spacial score (nSPS) is 10.2. The fourth-order valence-corrected chi connectivity index (χ4v) is 0. The lowest BCUT2D eigenvalue weighted by molar-refractivity contribution is -0.0510. The summed E-state index contributed by atoms with van der Waals surface area (Å²) in [6.07, 6.45) is 0. The molecule has 74 valence electrons. The summed E-state index contributed by atoms with van der Waals surface area (Å²) in [7, 11) is -5.84. The van der Waals surface area contributed by atoms with Crippen molar-refractivity contribution in [3.63, 3.8) is 0 Å². The Balaban J connectivity index is -0.0000000817. The first kappa shape index (κ1) is 22.4. The highest BCUT2D eigenvalue weighted by molar-refractivity contribution is 7.86. The summed E-state index contributed by atoms with van der Waals surface area (Å²) in [5.74, 6) is 0. The largest absolute Gasteiger partial charge is 1.00 e. The Morgan fingerprint density at radius 2 is 1.09 bits per heavy atom. The molecule has 1 N–H and O–H groups in total. The molecule has 0 atom stereocenters. The first-order valence-electron chi connectivity index (χ1n) is 1.29. The highest BCUT2D eigenvalue weighted by atomic mass is 32.2. The molecular formula is CHF6O3S-3. The fourth-order valence-electron chi connectivity index (χ4n) is 0. The van der Waals surface area contributed by atoms with Crippen LogP contribution in [0.4, 0.5) is 13.2 Å². The molecule has 0 bridgehead atoms. The Labute approximate surface area is 57.1 Å². The van der Waals surface area contributed by atoms with Crippen molar-refractivity contribution in [2.75, 3.05) is 0 Å². The number of hydrogen-bond donors (Lipinski definition) is 1. The molecule has 0 saturated carbocycles. The van der Waals surface area contributed by atoms with Crippen molar-refractivity contribution in [3.8, 4) is 0 Å². The van der Waals surface area contributed by atoms with Crippen LogP contribution in [0.3, 0.4) is 0 Å². The van der Waals surface area contributed by atoms with Crippen LogP contribution in [0.15, 0.2) is 0 Å². The van der Waals surface area contributed by atoms with E-state index in [4.69, 9.17) is 13.0 Å². The highest BCUT2D eigenvalue weighted by Crippen LogP contribution is 2.20. The minimum atomic E-state index is -5.84. The third-order valence-electron chi connectivity index (χ3n) is 0.292. The van der Waals surface area contributed by atoms with Gasteiger partial charge in [0.05, 0.1) is 0 Å². The molecule has 0 unspecified atom stereocenters. The summed E-state index contributed by atoms with van der Waals surface area (Å²) in [6.45, 7) is 0. The Hall–Kier alpha value is -0.510. The quantitative estimate of drug-likeness (QED) is 0.244. The van der Waals surface area contributed by atoms with E-state index in [-0.39, 0.29) is 14.1 Å². The summed E-state index contributed by atoms with van der Waals surface area (Å²) < 4.78 is 57.5. The molecule has 0 aliphatic rings. The van der Waals surface area contributed by atoms with E-state index < -0.39 is 15.6 Å². The van der Waals surface area contributed by atoms with Crippen molar-refractivity contribution in [3.05, 3.63) is 0 Å². The van der Waals surface area contributed by atoms with E-state index in [1.54, 1.807) is 0 Å². The lowest BCUT2D eigenvalue weighted by atomic mass is 11.6. The topological polar surface area (TPSA) is 54.4 Å². The maximum atomic E-state index is 10.7. The third kappa shape index (κ3) is 7.39. The van der Waals surface area contributed by atoms with Crippen LogP contribution >= 0.6 is 0 Å². The molecule has 0 saturated heterocycles. The highest BCUT2D eigenvalue weighted by Gasteiger charge is 2.44. The molecular weight excluding hydrogens is 206 g/mol. The van der Waals surface area contributed by atoms with Crippen LogP contribution in [0.2, 0.25) is 0 Å². The number of rotatable bonds is 0. The van der Waals surface area contributed by atoms with Crippen LogP contribution < -0.4 is 14.1 Å². The number of halogens is 6. The molecule has 0 aromatic carbocycles. The minimum Gasteiger partial charge on any atom is -1.00 e. The van der Waals surface area contributed by atoms with Gasteiger partial charge < -0.3 is 14.1 Å². The first-order valence-corrected chi connectivity index (χ1v) is 2.73. The van der Waals surface area contributed by atoms with Crippen molar-refractivity contribution in [1.82, 2.24) is 0 Å². The van der Waals surface area contributed by atoms with Gasteiger partial charge in [-0.15, -0.1) is 0 Å². The second-order valence-corrected chi connectivity index (χ2v) is 2.33.